The van der Waals surface area contributed by atoms with Crippen LogP contribution in [0.25, 0.3) is 0 Å². The fourth-order valence-corrected chi connectivity index (χ4v) is 4.12. The SMILES string of the molecule is C=C(Cl)/C=C\C=C(/F)C1C[C@H](CCO)N(CCCC)C1C(=O)Nc1cccc(Cl)c1. The Hall–Kier alpha value is -1.66. The quantitative estimate of drug-likeness (QED) is 0.446. The van der Waals surface area contributed by atoms with E-state index in [1.807, 2.05) is 4.90 Å². The molecule has 1 aliphatic rings. The van der Waals surface area contributed by atoms with Crippen LogP contribution in [0.5, 0.6) is 0 Å². The number of nitrogens with zero attached hydrogens (tertiary/aromatic N) is 1. The number of anilines is 1. The summed E-state index contributed by atoms with van der Waals surface area (Å²) in [7, 11) is 0. The highest BCUT2D eigenvalue weighted by molar-refractivity contribution is 6.31. The number of likely N-dealkylation sites (tertiary alicyclic amines) is 1. The van der Waals surface area contributed by atoms with Crippen LogP contribution in [0, 0.1) is 5.92 Å². The third-order valence-corrected chi connectivity index (χ3v) is 5.57. The van der Waals surface area contributed by atoms with Crippen molar-refractivity contribution in [1.29, 1.82) is 0 Å². The molecular formula is C23H29Cl2FN2O2. The number of aliphatic hydroxyl groups is 1. The van der Waals surface area contributed by atoms with E-state index < -0.39 is 17.8 Å². The zero-order chi connectivity index (χ0) is 22.1. The molecule has 7 heteroatoms. The topological polar surface area (TPSA) is 52.6 Å². The smallest absolute Gasteiger partial charge is 0.242 e. The summed E-state index contributed by atoms with van der Waals surface area (Å²) in [6.07, 6.45) is 7.10. The van der Waals surface area contributed by atoms with E-state index in [4.69, 9.17) is 23.2 Å². The van der Waals surface area contributed by atoms with Crippen LogP contribution < -0.4 is 5.32 Å². The third-order valence-electron chi connectivity index (χ3n) is 5.21. The van der Waals surface area contributed by atoms with E-state index >= 15 is 4.39 Å². The van der Waals surface area contributed by atoms with Gasteiger partial charge in [-0.25, -0.2) is 4.39 Å². The summed E-state index contributed by atoms with van der Waals surface area (Å²) in [4.78, 5) is 15.3. The van der Waals surface area contributed by atoms with Crippen LogP contribution >= 0.6 is 23.2 Å². The molecule has 0 bridgehead atoms. The van der Waals surface area contributed by atoms with Gasteiger partial charge < -0.3 is 10.4 Å². The average Bonchev–Trinajstić information content (AvgIpc) is 3.04. The van der Waals surface area contributed by atoms with Gasteiger partial charge in [-0.1, -0.05) is 55.3 Å². The lowest BCUT2D eigenvalue weighted by atomic mass is 9.95. The van der Waals surface area contributed by atoms with Crippen LogP contribution in [-0.2, 0) is 4.79 Å². The fourth-order valence-electron chi connectivity index (χ4n) is 3.86. The molecule has 1 amide bonds. The predicted octanol–water partition coefficient (Wildman–Crippen LogP) is 5.68. The normalized spacial score (nSPS) is 22.6. The molecule has 164 valence electrons. The number of benzene rings is 1. The molecular weight excluding hydrogens is 426 g/mol. The van der Waals surface area contributed by atoms with E-state index in [1.54, 1.807) is 24.3 Å². The Morgan fingerprint density at radius 2 is 2.23 bits per heavy atom. The number of allylic oxidation sites excluding steroid dienone is 4. The van der Waals surface area contributed by atoms with Crippen molar-refractivity contribution in [3.8, 4) is 0 Å². The van der Waals surface area contributed by atoms with Crippen LogP contribution in [0.15, 0.2) is 59.9 Å². The van der Waals surface area contributed by atoms with Crippen molar-refractivity contribution in [2.24, 2.45) is 5.92 Å². The molecule has 0 radical (unpaired) electrons. The second-order valence-corrected chi connectivity index (χ2v) is 8.32. The van der Waals surface area contributed by atoms with Crippen molar-refractivity contribution in [1.82, 2.24) is 4.90 Å². The maximum Gasteiger partial charge on any atom is 0.242 e. The Bertz CT molecular complexity index is 797. The van der Waals surface area contributed by atoms with Gasteiger partial charge in [0.25, 0.3) is 0 Å². The van der Waals surface area contributed by atoms with Gasteiger partial charge in [-0.15, -0.1) is 0 Å². The van der Waals surface area contributed by atoms with Gasteiger partial charge >= 0.3 is 0 Å². The number of carbonyl (C=O) groups excluding carboxylic acids is 1. The highest BCUT2D eigenvalue weighted by atomic mass is 35.5. The summed E-state index contributed by atoms with van der Waals surface area (Å²) in [6, 6.07) is 6.11. The second-order valence-electron chi connectivity index (χ2n) is 7.40. The maximum absolute atomic E-state index is 15.1. The van der Waals surface area contributed by atoms with Crippen LogP contribution in [0.2, 0.25) is 5.02 Å². The number of aliphatic hydroxyl groups excluding tert-OH is 1. The number of rotatable bonds is 10. The van der Waals surface area contributed by atoms with Crippen LogP contribution in [0.1, 0.15) is 32.6 Å². The Morgan fingerprint density at radius 1 is 1.47 bits per heavy atom. The summed E-state index contributed by atoms with van der Waals surface area (Å²) in [5.74, 6) is -1.30. The molecule has 1 aromatic carbocycles. The van der Waals surface area contributed by atoms with E-state index in [-0.39, 0.29) is 18.6 Å². The van der Waals surface area contributed by atoms with E-state index in [0.29, 0.717) is 35.1 Å². The third kappa shape index (κ3) is 6.95. The van der Waals surface area contributed by atoms with Gasteiger partial charge in [-0.2, -0.15) is 0 Å². The summed E-state index contributed by atoms with van der Waals surface area (Å²) in [5.41, 5.74) is 0.565. The Kier molecular flexibility index (Phi) is 10.1. The number of hydrogen-bond donors (Lipinski definition) is 2. The molecule has 1 saturated heterocycles. The van der Waals surface area contributed by atoms with Crippen LogP contribution in [0.4, 0.5) is 10.1 Å². The summed E-state index contributed by atoms with van der Waals surface area (Å²) in [5, 5.41) is 13.2. The monoisotopic (exact) mass is 454 g/mol. The van der Waals surface area contributed by atoms with Crippen molar-refractivity contribution >= 4 is 34.8 Å². The van der Waals surface area contributed by atoms with E-state index in [9.17, 15) is 9.90 Å². The molecule has 0 saturated carbocycles. The molecule has 4 nitrogen and oxygen atoms in total. The Morgan fingerprint density at radius 3 is 2.87 bits per heavy atom. The number of carbonyl (C=O) groups is 1. The lowest BCUT2D eigenvalue weighted by molar-refractivity contribution is -0.121. The Labute approximate surface area is 188 Å². The van der Waals surface area contributed by atoms with Gasteiger partial charge in [0, 0.05) is 34.3 Å². The van der Waals surface area contributed by atoms with Gasteiger partial charge in [0.2, 0.25) is 5.91 Å². The predicted molar refractivity (Wildman–Crippen MR) is 122 cm³/mol. The van der Waals surface area contributed by atoms with Crippen LogP contribution in [-0.4, -0.2) is 41.1 Å². The molecule has 0 aliphatic carbocycles. The second kappa shape index (κ2) is 12.3. The van der Waals surface area contributed by atoms with Crippen molar-refractivity contribution in [3.05, 3.63) is 65.0 Å². The summed E-state index contributed by atoms with van der Waals surface area (Å²) in [6.45, 7) is 6.26. The van der Waals surface area contributed by atoms with Crippen LogP contribution in [0.3, 0.4) is 0 Å². The highest BCUT2D eigenvalue weighted by Gasteiger charge is 2.46. The molecule has 30 heavy (non-hydrogen) atoms. The first-order chi connectivity index (χ1) is 14.4. The molecule has 2 N–H and O–H groups in total. The summed E-state index contributed by atoms with van der Waals surface area (Å²) < 4.78 is 15.1. The minimum absolute atomic E-state index is 0.0139. The number of unbranched alkanes of at least 4 members (excludes halogenated alkanes) is 1. The molecule has 2 unspecified atom stereocenters. The minimum Gasteiger partial charge on any atom is -0.396 e. The highest BCUT2D eigenvalue weighted by Crippen LogP contribution is 2.38. The van der Waals surface area contributed by atoms with E-state index in [1.165, 1.54) is 18.2 Å². The number of amides is 1. The van der Waals surface area contributed by atoms with E-state index in [2.05, 4.69) is 18.8 Å². The van der Waals surface area contributed by atoms with Gasteiger partial charge in [-0.05, 0) is 56.2 Å². The van der Waals surface area contributed by atoms with E-state index in [0.717, 1.165) is 12.8 Å². The standard InChI is InChI=1S/C23H29Cl2FN2O2/c1-3-4-12-28-19(11-13-29)15-20(21(26)10-5-7-16(2)24)22(28)23(30)27-18-9-6-8-17(25)14-18/h5-10,14,19-20,22,29H,2-4,11-13,15H2,1H3,(H,27,30)/b7-5-,21-10-/t19-,20?,22?/m0/s1. The molecule has 0 aromatic heterocycles. The molecule has 1 aromatic rings. The molecule has 3 atom stereocenters. The van der Waals surface area contributed by atoms with Crippen molar-refractivity contribution in [3.63, 3.8) is 0 Å². The zero-order valence-electron chi connectivity index (χ0n) is 17.2. The molecule has 0 spiro atoms. The summed E-state index contributed by atoms with van der Waals surface area (Å²) >= 11 is 11.7. The molecule has 1 aliphatic heterocycles. The number of halogens is 3. The first kappa shape index (κ1) is 24.6. The van der Waals surface area contributed by atoms with Gasteiger partial charge in [0.05, 0.1) is 6.04 Å². The zero-order valence-corrected chi connectivity index (χ0v) is 18.7. The molecule has 2 rings (SSSR count). The molecule has 1 fully saturated rings. The first-order valence-electron chi connectivity index (χ1n) is 10.2. The Balaban J connectivity index is 2.33. The largest absolute Gasteiger partial charge is 0.396 e. The lowest BCUT2D eigenvalue weighted by Crippen LogP contribution is -2.46. The maximum atomic E-state index is 15.1. The van der Waals surface area contributed by atoms with Gasteiger partial charge in [0.1, 0.15) is 5.83 Å². The lowest BCUT2D eigenvalue weighted by Gasteiger charge is -2.30. The number of hydrogen-bond acceptors (Lipinski definition) is 3. The minimum atomic E-state index is -0.684. The van der Waals surface area contributed by atoms with Crippen molar-refractivity contribution in [2.75, 3.05) is 18.5 Å². The number of nitrogens with one attached hydrogen (secondary N) is 1. The fraction of sp³-hybridized carbons (Fsp3) is 0.435. The molecule has 1 heterocycles. The van der Waals surface area contributed by atoms with Crippen molar-refractivity contribution in [2.45, 2.75) is 44.7 Å². The average molecular weight is 455 g/mol. The first-order valence-corrected chi connectivity index (χ1v) is 10.9. The van der Waals surface area contributed by atoms with Gasteiger partial charge in [0.15, 0.2) is 0 Å². The van der Waals surface area contributed by atoms with Crippen molar-refractivity contribution < 1.29 is 14.3 Å². The van der Waals surface area contributed by atoms with Gasteiger partial charge in [-0.3, -0.25) is 9.69 Å².